The molecule has 0 bridgehead atoms. The van der Waals surface area contributed by atoms with Crippen molar-refractivity contribution >= 4 is 39.5 Å². The Balaban J connectivity index is 5.20. The Hall–Kier alpha value is -1.94. The van der Waals surface area contributed by atoms with E-state index in [1.807, 2.05) is 0 Å². The van der Waals surface area contributed by atoms with Gasteiger partial charge in [-0.15, -0.1) is 0 Å². The normalized spacial score (nSPS) is 14.6. The average molecular weight is 1470 g/mol. The number of rotatable bonds is 78. The van der Waals surface area contributed by atoms with E-state index in [1.165, 1.54) is 212 Å². The van der Waals surface area contributed by atoms with E-state index in [4.69, 9.17) is 37.0 Å². The molecule has 0 aliphatic rings. The number of carbonyl (C=O) groups excluding carboxylic acids is 4. The van der Waals surface area contributed by atoms with Crippen molar-refractivity contribution in [2.75, 3.05) is 39.6 Å². The third-order valence-corrected chi connectivity index (χ3v) is 21.4. The lowest BCUT2D eigenvalue weighted by atomic mass is 9.99. The van der Waals surface area contributed by atoms with Crippen molar-refractivity contribution in [3.63, 3.8) is 0 Å². The molecule has 17 nitrogen and oxygen atoms in total. The summed E-state index contributed by atoms with van der Waals surface area (Å²) >= 11 is 0. The van der Waals surface area contributed by atoms with Crippen molar-refractivity contribution in [1.29, 1.82) is 0 Å². The molecule has 100 heavy (non-hydrogen) atoms. The van der Waals surface area contributed by atoms with Crippen molar-refractivity contribution in [3.8, 4) is 0 Å². The van der Waals surface area contributed by atoms with E-state index in [2.05, 4.69) is 55.4 Å². The van der Waals surface area contributed by atoms with Gasteiger partial charge in [0.1, 0.15) is 19.3 Å². The quantitative estimate of drug-likeness (QED) is 0.0222. The number of carbonyl (C=O) groups is 4. The molecule has 3 N–H and O–H groups in total. The molecule has 5 unspecified atom stereocenters. The van der Waals surface area contributed by atoms with Crippen molar-refractivity contribution in [3.05, 3.63) is 0 Å². The Morgan fingerprint density at radius 1 is 0.280 bits per heavy atom. The van der Waals surface area contributed by atoms with Gasteiger partial charge in [0, 0.05) is 25.7 Å². The molecule has 0 aromatic carbocycles. The second kappa shape index (κ2) is 70.1. The van der Waals surface area contributed by atoms with Crippen LogP contribution in [0.5, 0.6) is 0 Å². The molecule has 0 saturated heterocycles. The molecule has 0 radical (unpaired) electrons. The number of phosphoric acid groups is 2. The number of phosphoric ester groups is 2. The molecule has 0 aliphatic heterocycles. The smallest absolute Gasteiger partial charge is 0.462 e. The molecule has 0 amide bonds. The van der Waals surface area contributed by atoms with E-state index < -0.39 is 97.5 Å². The zero-order valence-corrected chi connectivity index (χ0v) is 67.6. The first kappa shape index (κ1) is 98.1. The SMILES string of the molecule is CCC(C)CCCCCCCCCCCCCCCCCCCCC(=O)OC[C@H](COP(=O)(O)OCC(O)COP(=O)(O)OC[C@@H](COC(=O)CCCCCCCCCC(C)C)OC(=O)CCCCCCCCCCCCC(C)CC)OC(=O)CCCCCCCCCCCCCC(C)C. The highest BCUT2D eigenvalue weighted by atomic mass is 31.2. The summed E-state index contributed by atoms with van der Waals surface area (Å²) < 4.78 is 68.7. The molecule has 7 atom stereocenters. The number of aliphatic hydroxyl groups is 1. The van der Waals surface area contributed by atoms with Crippen LogP contribution in [0.2, 0.25) is 0 Å². The summed E-state index contributed by atoms with van der Waals surface area (Å²) in [5.74, 6) is 1.03. The fraction of sp³-hybridized carbons (Fsp3) is 0.951. The number of hydrogen-bond donors (Lipinski definition) is 3. The molecule has 0 aliphatic carbocycles. The largest absolute Gasteiger partial charge is 0.472 e. The summed E-state index contributed by atoms with van der Waals surface area (Å²) in [5, 5.41) is 10.6. The van der Waals surface area contributed by atoms with Crippen LogP contribution in [0.15, 0.2) is 0 Å². The van der Waals surface area contributed by atoms with Crippen molar-refractivity contribution in [2.45, 2.75) is 433 Å². The van der Waals surface area contributed by atoms with Gasteiger partial charge in [0.25, 0.3) is 0 Å². The molecule has 0 aromatic rings. The van der Waals surface area contributed by atoms with Crippen LogP contribution in [0.25, 0.3) is 0 Å². The number of hydrogen-bond acceptors (Lipinski definition) is 15. The predicted octanol–water partition coefficient (Wildman–Crippen LogP) is 24.0. The molecule has 0 fully saturated rings. The van der Waals surface area contributed by atoms with Gasteiger partial charge in [0.15, 0.2) is 12.2 Å². The molecular formula is C81H158O17P2. The molecule has 0 heterocycles. The molecular weight excluding hydrogens is 1310 g/mol. The summed E-state index contributed by atoms with van der Waals surface area (Å²) in [6.45, 7) is 14.3. The fourth-order valence-electron chi connectivity index (χ4n) is 12.4. The Kier molecular flexibility index (Phi) is 68.7. The lowest BCUT2D eigenvalue weighted by Gasteiger charge is -2.21. The summed E-state index contributed by atoms with van der Waals surface area (Å²) in [6, 6.07) is 0. The van der Waals surface area contributed by atoms with Crippen LogP contribution in [0, 0.1) is 23.7 Å². The maximum absolute atomic E-state index is 13.1. The van der Waals surface area contributed by atoms with E-state index in [0.717, 1.165) is 114 Å². The van der Waals surface area contributed by atoms with Crippen LogP contribution >= 0.6 is 15.6 Å². The topological polar surface area (TPSA) is 237 Å². The molecule has 0 saturated carbocycles. The van der Waals surface area contributed by atoms with Gasteiger partial charge in [-0.3, -0.25) is 37.3 Å². The predicted molar refractivity (Wildman–Crippen MR) is 409 cm³/mol. The minimum Gasteiger partial charge on any atom is -0.462 e. The fourth-order valence-corrected chi connectivity index (χ4v) is 13.9. The lowest BCUT2D eigenvalue weighted by Crippen LogP contribution is -2.30. The molecule has 0 rings (SSSR count). The highest BCUT2D eigenvalue weighted by Crippen LogP contribution is 2.45. The first-order valence-corrected chi connectivity index (χ1v) is 44.8. The van der Waals surface area contributed by atoms with Gasteiger partial charge in [-0.2, -0.15) is 0 Å². The van der Waals surface area contributed by atoms with Gasteiger partial charge in [0.05, 0.1) is 26.4 Å². The first-order valence-electron chi connectivity index (χ1n) is 41.8. The molecule has 19 heteroatoms. The van der Waals surface area contributed by atoms with Crippen LogP contribution in [-0.2, 0) is 65.4 Å². The Morgan fingerprint density at radius 3 is 0.710 bits per heavy atom. The summed E-state index contributed by atoms with van der Waals surface area (Å²) in [7, 11) is -9.92. The van der Waals surface area contributed by atoms with Crippen molar-refractivity contribution in [2.24, 2.45) is 23.7 Å². The van der Waals surface area contributed by atoms with E-state index in [-0.39, 0.29) is 25.7 Å². The monoisotopic (exact) mass is 1470 g/mol. The zero-order chi connectivity index (χ0) is 73.8. The van der Waals surface area contributed by atoms with Gasteiger partial charge >= 0.3 is 39.5 Å². The van der Waals surface area contributed by atoms with E-state index in [0.29, 0.717) is 31.6 Å². The van der Waals surface area contributed by atoms with E-state index in [9.17, 15) is 43.2 Å². The van der Waals surface area contributed by atoms with Crippen molar-refractivity contribution in [1.82, 2.24) is 0 Å². The third-order valence-electron chi connectivity index (χ3n) is 19.5. The lowest BCUT2D eigenvalue weighted by molar-refractivity contribution is -0.161. The second-order valence-corrected chi connectivity index (χ2v) is 33.5. The van der Waals surface area contributed by atoms with Gasteiger partial charge in [-0.05, 0) is 49.4 Å². The summed E-state index contributed by atoms with van der Waals surface area (Å²) in [5.41, 5.74) is 0. The van der Waals surface area contributed by atoms with Crippen LogP contribution in [0.1, 0.15) is 415 Å². The molecule has 0 aromatic heterocycles. The Bertz CT molecular complexity index is 1960. The van der Waals surface area contributed by atoms with Crippen molar-refractivity contribution < 1.29 is 80.2 Å². The van der Waals surface area contributed by atoms with Gasteiger partial charge in [-0.1, -0.05) is 364 Å². The van der Waals surface area contributed by atoms with Gasteiger partial charge in [0.2, 0.25) is 0 Å². The Morgan fingerprint density at radius 2 is 0.480 bits per heavy atom. The molecule has 594 valence electrons. The Labute approximate surface area is 613 Å². The number of esters is 4. The van der Waals surface area contributed by atoms with E-state index >= 15 is 0 Å². The minimum atomic E-state index is -4.96. The second-order valence-electron chi connectivity index (χ2n) is 30.6. The van der Waals surface area contributed by atoms with Crippen LogP contribution < -0.4 is 0 Å². The number of ether oxygens (including phenoxy) is 4. The van der Waals surface area contributed by atoms with Crippen LogP contribution in [0.3, 0.4) is 0 Å². The summed E-state index contributed by atoms with van der Waals surface area (Å²) in [4.78, 5) is 73.0. The number of aliphatic hydroxyl groups excluding tert-OH is 1. The third kappa shape index (κ3) is 71.7. The summed E-state index contributed by atoms with van der Waals surface area (Å²) in [6.07, 6.45) is 56.9. The minimum absolute atomic E-state index is 0.105. The number of unbranched alkanes of at least 4 members (excludes halogenated alkanes) is 42. The first-order chi connectivity index (χ1) is 48.2. The van der Waals surface area contributed by atoms with Crippen LogP contribution in [-0.4, -0.2) is 96.7 Å². The zero-order valence-electron chi connectivity index (χ0n) is 65.8. The maximum atomic E-state index is 13.1. The highest BCUT2D eigenvalue weighted by Gasteiger charge is 2.30. The maximum Gasteiger partial charge on any atom is 0.472 e. The average Bonchev–Trinajstić information content (AvgIpc) is 1.12. The highest BCUT2D eigenvalue weighted by molar-refractivity contribution is 7.47. The van der Waals surface area contributed by atoms with Gasteiger partial charge < -0.3 is 33.8 Å². The van der Waals surface area contributed by atoms with Crippen LogP contribution in [0.4, 0.5) is 0 Å². The molecule has 0 spiro atoms. The standard InChI is InChI=1S/C81H158O17P2/c1-9-73(7)59-51-43-35-27-21-17-15-13-11-12-14-16-18-22-29-37-45-53-61-78(83)91-67-76(97-80(85)63-55-47-38-30-23-19-20-26-33-41-49-57-71(3)4)69-95-99(87,88)93-65-75(82)66-94-100(89,90)96-70-77(68-92-79(84)62-54-46-40-32-34-42-50-58-72(5)6)98-81(86)64-56-48-39-31-25-24-28-36-44-52-60-74(8)10-2/h71-77,82H,9-70H2,1-8H3,(H,87,88)(H,89,90)/t73?,74?,75?,76-,77-/m1/s1. The van der Waals surface area contributed by atoms with E-state index in [1.54, 1.807) is 0 Å². The van der Waals surface area contributed by atoms with Gasteiger partial charge in [-0.25, -0.2) is 9.13 Å².